The fourth-order valence-corrected chi connectivity index (χ4v) is 4.39. The Morgan fingerprint density at radius 1 is 0.533 bits per heavy atom. The van der Waals surface area contributed by atoms with Crippen molar-refractivity contribution in [3.8, 4) is 0 Å². The van der Waals surface area contributed by atoms with Gasteiger partial charge in [0.1, 0.15) is 33.0 Å². The first kappa shape index (κ1) is 42.1. The lowest BCUT2D eigenvalue weighted by Crippen LogP contribution is -2.46. The first-order valence-electron chi connectivity index (χ1n) is 13.8. The highest BCUT2D eigenvalue weighted by molar-refractivity contribution is 7.99. The van der Waals surface area contributed by atoms with Crippen LogP contribution in [0.5, 0.6) is 0 Å². The van der Waals surface area contributed by atoms with E-state index in [1.165, 1.54) is 23.5 Å². The summed E-state index contributed by atoms with van der Waals surface area (Å²) in [6, 6.07) is 0. The Hall–Kier alpha value is -2.89. The Morgan fingerprint density at radius 2 is 0.889 bits per heavy atom. The predicted octanol–water partition coefficient (Wildman–Crippen LogP) is 0.473. The van der Waals surface area contributed by atoms with Gasteiger partial charge >= 0.3 is 29.8 Å². The monoisotopic (exact) mass is 680 g/mol. The van der Waals surface area contributed by atoms with Crippen molar-refractivity contribution in [1.82, 2.24) is 0 Å². The molecule has 0 unspecified atom stereocenters. The minimum atomic E-state index is -1.46. The van der Waals surface area contributed by atoms with Gasteiger partial charge in [0.25, 0.3) is 0 Å². The highest BCUT2D eigenvalue weighted by Gasteiger charge is 2.39. The van der Waals surface area contributed by atoms with Crippen LogP contribution >= 0.6 is 23.5 Å². The normalized spacial score (nSPS) is 11.2. The van der Waals surface area contributed by atoms with E-state index in [4.69, 9.17) is 38.6 Å². The Labute approximate surface area is 271 Å². The van der Waals surface area contributed by atoms with E-state index in [1.807, 2.05) is 0 Å². The Balaban J connectivity index is 5.91. The molecular weight excluding hydrogens is 636 g/mol. The molecule has 0 saturated carbocycles. The molecule has 0 aliphatic carbocycles. The van der Waals surface area contributed by atoms with E-state index in [0.29, 0.717) is 23.0 Å². The molecule has 0 aromatic rings. The predicted molar refractivity (Wildman–Crippen MR) is 166 cm³/mol. The van der Waals surface area contributed by atoms with Gasteiger partial charge in [-0.2, -0.15) is 23.5 Å². The Morgan fingerprint density at radius 3 is 1.22 bits per heavy atom. The van der Waals surface area contributed by atoms with E-state index in [2.05, 4.69) is 19.7 Å². The van der Waals surface area contributed by atoms with Crippen LogP contribution in [0.1, 0.15) is 12.8 Å². The van der Waals surface area contributed by atoms with Gasteiger partial charge in [0.2, 0.25) is 0 Å². The van der Waals surface area contributed by atoms with Gasteiger partial charge in [-0.05, 0) is 0 Å². The number of aliphatic hydroxyl groups excluding tert-OH is 3. The third kappa shape index (κ3) is 20.0. The Kier molecular flexibility index (Phi) is 23.7. The molecule has 16 heteroatoms. The van der Waals surface area contributed by atoms with Gasteiger partial charge in [0, 0.05) is 41.2 Å². The van der Waals surface area contributed by atoms with Crippen molar-refractivity contribution in [2.45, 2.75) is 12.8 Å². The van der Waals surface area contributed by atoms with Gasteiger partial charge in [-0.3, -0.25) is 9.59 Å². The van der Waals surface area contributed by atoms with E-state index in [-0.39, 0.29) is 39.3 Å². The summed E-state index contributed by atoms with van der Waals surface area (Å²) >= 11 is 2.70. The van der Waals surface area contributed by atoms with Crippen LogP contribution in [0.2, 0.25) is 0 Å². The van der Waals surface area contributed by atoms with Crippen molar-refractivity contribution in [1.29, 1.82) is 0 Å². The molecule has 0 aliphatic rings. The van der Waals surface area contributed by atoms with Crippen LogP contribution in [0.4, 0.5) is 0 Å². The van der Waals surface area contributed by atoms with E-state index in [0.717, 1.165) is 18.2 Å². The summed E-state index contributed by atoms with van der Waals surface area (Å²) in [7, 11) is 0. The van der Waals surface area contributed by atoms with Crippen LogP contribution in [0.15, 0.2) is 38.0 Å². The molecule has 0 atom stereocenters. The summed E-state index contributed by atoms with van der Waals surface area (Å²) in [5.74, 6) is -1.97. The molecule has 0 saturated heterocycles. The number of ether oxygens (including phenoxy) is 6. The molecule has 0 amide bonds. The zero-order chi connectivity index (χ0) is 34.0. The second-order valence-corrected chi connectivity index (χ2v) is 12.0. The van der Waals surface area contributed by atoms with Crippen LogP contribution in [0.3, 0.4) is 0 Å². The third-order valence-corrected chi connectivity index (χ3v) is 7.59. The molecule has 0 rings (SSSR count). The zero-order valence-electron chi connectivity index (χ0n) is 25.3. The summed E-state index contributed by atoms with van der Waals surface area (Å²) in [6.45, 7) is 6.31. The molecular formula is C29H44O14S2. The van der Waals surface area contributed by atoms with Crippen molar-refractivity contribution in [2.24, 2.45) is 10.8 Å². The lowest BCUT2D eigenvalue weighted by molar-refractivity contribution is -0.168. The average Bonchev–Trinajstić information content (AvgIpc) is 3.05. The number of carbonyl (C=O) groups excluding carboxylic acids is 5. The fourth-order valence-electron chi connectivity index (χ4n) is 3.10. The maximum Gasteiger partial charge on any atom is 0.330 e. The molecule has 0 aliphatic heterocycles. The zero-order valence-corrected chi connectivity index (χ0v) is 26.9. The number of thioether (sulfide) groups is 2. The third-order valence-electron chi connectivity index (χ3n) is 5.66. The summed E-state index contributed by atoms with van der Waals surface area (Å²) in [4.78, 5) is 60.3. The molecule has 45 heavy (non-hydrogen) atoms. The number of esters is 5. The highest BCUT2D eigenvalue weighted by atomic mass is 32.2. The number of carbonyl (C=O) groups is 5. The smallest absolute Gasteiger partial charge is 0.330 e. The number of aliphatic hydroxyl groups is 3. The van der Waals surface area contributed by atoms with Crippen molar-refractivity contribution in [3.63, 3.8) is 0 Å². The highest BCUT2D eigenvalue weighted by Crippen LogP contribution is 2.25. The lowest BCUT2D eigenvalue weighted by Gasteiger charge is -2.35. The largest absolute Gasteiger partial charge is 0.465 e. The van der Waals surface area contributed by atoms with E-state index >= 15 is 0 Å². The van der Waals surface area contributed by atoms with Crippen LogP contribution in [-0.4, -0.2) is 134 Å². The van der Waals surface area contributed by atoms with Gasteiger partial charge in [0.05, 0.1) is 56.7 Å². The maximum atomic E-state index is 12.4. The molecule has 0 aromatic heterocycles. The first-order chi connectivity index (χ1) is 21.5. The molecule has 0 heterocycles. The second-order valence-electron chi connectivity index (χ2n) is 9.58. The summed E-state index contributed by atoms with van der Waals surface area (Å²) in [6.07, 6.45) is 2.76. The minimum absolute atomic E-state index is 0.0238. The summed E-state index contributed by atoms with van der Waals surface area (Å²) < 4.78 is 32.1. The molecule has 0 radical (unpaired) electrons. The van der Waals surface area contributed by atoms with Gasteiger partial charge in [0.15, 0.2) is 0 Å². The number of rotatable bonds is 28. The second kappa shape index (κ2) is 25.3. The van der Waals surface area contributed by atoms with Crippen LogP contribution in [0, 0.1) is 10.8 Å². The van der Waals surface area contributed by atoms with Crippen molar-refractivity contribution in [2.75, 3.05) is 89.1 Å². The average molecular weight is 681 g/mol. The maximum absolute atomic E-state index is 12.4. The Bertz CT molecular complexity index is 867. The van der Waals surface area contributed by atoms with E-state index in [1.54, 1.807) is 0 Å². The van der Waals surface area contributed by atoms with Gasteiger partial charge in [-0.25, -0.2) is 14.4 Å². The van der Waals surface area contributed by atoms with Gasteiger partial charge in [-0.15, -0.1) is 0 Å². The minimum Gasteiger partial charge on any atom is -0.465 e. The molecule has 0 aromatic carbocycles. The molecule has 3 N–H and O–H groups in total. The molecule has 14 nitrogen and oxygen atoms in total. The standard InChI is InChI=1S/C29H44O14S2/c1-4-23(33)39-20-29(21-40-24(34)5-2,22-41-25(35)6-3)17-38-16-28(15-32,18-42-26(36)7-11-44-13-9-30)19-43-27(37)8-12-45-14-10-31/h4-6,30-32H,1-3,7-22H2. The van der Waals surface area contributed by atoms with Crippen molar-refractivity contribution in [3.05, 3.63) is 38.0 Å². The first-order valence-corrected chi connectivity index (χ1v) is 16.1. The van der Waals surface area contributed by atoms with Crippen LogP contribution in [0.25, 0.3) is 0 Å². The number of hydrogen-bond donors (Lipinski definition) is 3. The lowest BCUT2D eigenvalue weighted by atomic mass is 9.90. The van der Waals surface area contributed by atoms with Crippen molar-refractivity contribution >= 4 is 53.4 Å². The van der Waals surface area contributed by atoms with E-state index in [9.17, 15) is 29.1 Å². The summed E-state index contributed by atoms with van der Waals surface area (Å²) in [5.41, 5.74) is -2.90. The SMILES string of the molecule is C=CC(=O)OCC(COCC(CO)(COC(=O)CCSCCO)COC(=O)CCSCCO)(COC(=O)C=C)COC(=O)C=C. The van der Waals surface area contributed by atoms with E-state index < -0.39 is 80.3 Å². The number of hydrogen-bond acceptors (Lipinski definition) is 16. The van der Waals surface area contributed by atoms with Gasteiger partial charge < -0.3 is 43.7 Å². The molecule has 0 spiro atoms. The fraction of sp³-hybridized carbons (Fsp3) is 0.621. The molecule has 0 fully saturated rings. The topological polar surface area (TPSA) is 201 Å². The van der Waals surface area contributed by atoms with Crippen LogP contribution in [-0.2, 0) is 52.4 Å². The molecule has 0 bridgehead atoms. The molecule has 256 valence electrons. The van der Waals surface area contributed by atoms with Gasteiger partial charge in [-0.1, -0.05) is 19.7 Å². The van der Waals surface area contributed by atoms with Crippen molar-refractivity contribution < 1.29 is 67.7 Å². The van der Waals surface area contributed by atoms with Crippen LogP contribution < -0.4 is 0 Å². The summed E-state index contributed by atoms with van der Waals surface area (Å²) in [5, 5.41) is 28.2. The quantitative estimate of drug-likeness (QED) is 0.0445.